The van der Waals surface area contributed by atoms with Crippen LogP contribution in [0.25, 0.3) is 0 Å². The SMILES string of the molecule is CC(C)CN1CC(C(=O)N(CCO)CC(F)F)CC1=O. The molecule has 5 nitrogen and oxygen atoms in total. The highest BCUT2D eigenvalue weighted by molar-refractivity contribution is 5.89. The first-order valence-corrected chi connectivity index (χ1v) is 6.80. The summed E-state index contributed by atoms with van der Waals surface area (Å²) in [6.07, 6.45) is -2.58. The van der Waals surface area contributed by atoms with E-state index in [-0.39, 0.29) is 32.0 Å². The molecule has 20 heavy (non-hydrogen) atoms. The van der Waals surface area contributed by atoms with Gasteiger partial charge in [-0.05, 0) is 5.92 Å². The number of rotatable bonds is 7. The van der Waals surface area contributed by atoms with Gasteiger partial charge in [0.15, 0.2) is 0 Å². The number of alkyl halides is 2. The first-order valence-electron chi connectivity index (χ1n) is 6.80. The number of carbonyl (C=O) groups is 2. The van der Waals surface area contributed by atoms with Crippen LogP contribution in [0, 0.1) is 11.8 Å². The Labute approximate surface area is 117 Å². The topological polar surface area (TPSA) is 60.9 Å². The van der Waals surface area contributed by atoms with Crippen LogP contribution in [0.1, 0.15) is 20.3 Å². The number of likely N-dealkylation sites (tertiary alicyclic amines) is 1. The highest BCUT2D eigenvalue weighted by atomic mass is 19.3. The molecule has 1 unspecified atom stereocenters. The highest BCUT2D eigenvalue weighted by Gasteiger charge is 2.36. The number of halogens is 2. The van der Waals surface area contributed by atoms with Crippen molar-refractivity contribution in [1.29, 1.82) is 0 Å². The lowest BCUT2D eigenvalue weighted by molar-refractivity contribution is -0.138. The monoisotopic (exact) mass is 292 g/mol. The molecule has 1 aliphatic heterocycles. The van der Waals surface area contributed by atoms with Crippen LogP contribution in [0.15, 0.2) is 0 Å². The van der Waals surface area contributed by atoms with Gasteiger partial charge < -0.3 is 14.9 Å². The first-order chi connectivity index (χ1) is 9.35. The molecule has 0 radical (unpaired) electrons. The molecule has 0 aromatic heterocycles. The van der Waals surface area contributed by atoms with Crippen molar-refractivity contribution in [2.75, 3.05) is 32.8 Å². The van der Waals surface area contributed by atoms with Crippen molar-refractivity contribution in [3.63, 3.8) is 0 Å². The molecule has 1 N–H and O–H groups in total. The molecule has 1 rings (SSSR count). The van der Waals surface area contributed by atoms with Crippen molar-refractivity contribution in [1.82, 2.24) is 9.80 Å². The van der Waals surface area contributed by atoms with Gasteiger partial charge in [-0.2, -0.15) is 0 Å². The Balaban J connectivity index is 2.64. The summed E-state index contributed by atoms with van der Waals surface area (Å²) in [7, 11) is 0. The minimum absolute atomic E-state index is 0.0662. The number of hydrogen-bond donors (Lipinski definition) is 1. The summed E-state index contributed by atoms with van der Waals surface area (Å²) in [5.41, 5.74) is 0. The van der Waals surface area contributed by atoms with E-state index in [9.17, 15) is 18.4 Å². The van der Waals surface area contributed by atoms with Gasteiger partial charge in [0.05, 0.1) is 19.1 Å². The van der Waals surface area contributed by atoms with Crippen molar-refractivity contribution >= 4 is 11.8 Å². The maximum atomic E-state index is 12.4. The molecule has 1 atom stereocenters. The third kappa shape index (κ3) is 4.70. The minimum atomic E-state index is -2.64. The zero-order chi connectivity index (χ0) is 15.3. The number of nitrogens with zero attached hydrogens (tertiary/aromatic N) is 2. The second-order valence-corrected chi connectivity index (χ2v) is 5.49. The van der Waals surface area contributed by atoms with E-state index in [1.807, 2.05) is 13.8 Å². The number of carbonyl (C=O) groups excluding carboxylic acids is 2. The molecule has 0 aliphatic carbocycles. The number of hydrogen-bond acceptors (Lipinski definition) is 3. The van der Waals surface area contributed by atoms with E-state index >= 15 is 0 Å². The lowest BCUT2D eigenvalue weighted by Crippen LogP contribution is -2.42. The lowest BCUT2D eigenvalue weighted by atomic mass is 10.1. The standard InChI is InChI=1S/C13H22F2N2O3/c1-9(2)6-17-7-10(5-12(17)19)13(20)16(3-4-18)8-11(14)15/h9-11,18H,3-8H2,1-2H3. The van der Waals surface area contributed by atoms with Gasteiger partial charge in [-0.3, -0.25) is 9.59 Å². The van der Waals surface area contributed by atoms with Gasteiger partial charge in [0, 0.05) is 26.1 Å². The van der Waals surface area contributed by atoms with Crippen molar-refractivity contribution in [3.05, 3.63) is 0 Å². The second kappa shape index (κ2) is 7.52. The fourth-order valence-electron chi connectivity index (χ4n) is 2.39. The summed E-state index contributed by atoms with van der Waals surface area (Å²) in [6, 6.07) is 0. The van der Waals surface area contributed by atoms with Crippen LogP contribution in [0.3, 0.4) is 0 Å². The summed E-state index contributed by atoms with van der Waals surface area (Å²) in [5.74, 6) is -0.869. The minimum Gasteiger partial charge on any atom is -0.395 e. The summed E-state index contributed by atoms with van der Waals surface area (Å²) in [4.78, 5) is 26.5. The first kappa shape index (κ1) is 16.8. The molecule has 0 spiro atoms. The molecule has 0 saturated carbocycles. The molecule has 1 saturated heterocycles. The smallest absolute Gasteiger partial charge is 0.255 e. The van der Waals surface area contributed by atoms with Gasteiger partial charge in [0.25, 0.3) is 6.43 Å². The van der Waals surface area contributed by atoms with E-state index < -0.39 is 24.8 Å². The average Bonchev–Trinajstić information content (AvgIpc) is 2.68. The van der Waals surface area contributed by atoms with E-state index in [0.717, 1.165) is 4.90 Å². The third-order valence-electron chi connectivity index (χ3n) is 3.19. The van der Waals surface area contributed by atoms with Crippen molar-refractivity contribution in [2.45, 2.75) is 26.7 Å². The second-order valence-electron chi connectivity index (χ2n) is 5.49. The highest BCUT2D eigenvalue weighted by Crippen LogP contribution is 2.21. The predicted molar refractivity (Wildman–Crippen MR) is 69.2 cm³/mol. The Morgan fingerprint density at radius 3 is 2.65 bits per heavy atom. The van der Waals surface area contributed by atoms with E-state index in [0.29, 0.717) is 12.5 Å². The van der Waals surface area contributed by atoms with Gasteiger partial charge in [-0.25, -0.2) is 8.78 Å². The van der Waals surface area contributed by atoms with Crippen LogP contribution in [0.2, 0.25) is 0 Å². The molecule has 1 fully saturated rings. The fraction of sp³-hybridized carbons (Fsp3) is 0.846. The zero-order valence-corrected chi connectivity index (χ0v) is 11.9. The van der Waals surface area contributed by atoms with Gasteiger partial charge in [0.1, 0.15) is 0 Å². The van der Waals surface area contributed by atoms with Gasteiger partial charge in [0.2, 0.25) is 11.8 Å². The normalized spacial score (nSPS) is 19.2. The third-order valence-corrected chi connectivity index (χ3v) is 3.19. The predicted octanol–water partition coefficient (Wildman–Crippen LogP) is 0.577. The van der Waals surface area contributed by atoms with E-state index in [2.05, 4.69) is 0 Å². The number of amides is 2. The van der Waals surface area contributed by atoms with E-state index in [4.69, 9.17) is 5.11 Å². The lowest BCUT2D eigenvalue weighted by Gasteiger charge is -2.24. The van der Waals surface area contributed by atoms with Crippen molar-refractivity contribution < 1.29 is 23.5 Å². The molecule has 0 aromatic rings. The maximum Gasteiger partial charge on any atom is 0.255 e. The van der Waals surface area contributed by atoms with Crippen LogP contribution in [-0.4, -0.2) is 65.9 Å². The van der Waals surface area contributed by atoms with Crippen LogP contribution in [0.4, 0.5) is 8.78 Å². The Bertz CT molecular complexity index is 351. The fourth-order valence-corrected chi connectivity index (χ4v) is 2.39. The zero-order valence-electron chi connectivity index (χ0n) is 11.9. The van der Waals surface area contributed by atoms with Crippen molar-refractivity contribution in [2.24, 2.45) is 11.8 Å². The average molecular weight is 292 g/mol. The van der Waals surface area contributed by atoms with Gasteiger partial charge >= 0.3 is 0 Å². The molecule has 0 bridgehead atoms. The molecular weight excluding hydrogens is 270 g/mol. The van der Waals surface area contributed by atoms with Crippen LogP contribution >= 0.6 is 0 Å². The van der Waals surface area contributed by atoms with Crippen LogP contribution in [-0.2, 0) is 9.59 Å². The maximum absolute atomic E-state index is 12.4. The Morgan fingerprint density at radius 2 is 2.15 bits per heavy atom. The Kier molecular flexibility index (Phi) is 6.32. The molecule has 0 aromatic carbocycles. The molecule has 1 aliphatic rings. The van der Waals surface area contributed by atoms with E-state index in [1.54, 1.807) is 4.90 Å². The summed E-state index contributed by atoms with van der Waals surface area (Å²) in [6.45, 7) is 3.59. The Hall–Kier alpha value is -1.24. The molecule has 7 heteroatoms. The molecule has 2 amide bonds. The Morgan fingerprint density at radius 1 is 1.50 bits per heavy atom. The summed E-state index contributed by atoms with van der Waals surface area (Å²) < 4.78 is 24.9. The molecular formula is C13H22F2N2O3. The van der Waals surface area contributed by atoms with Crippen LogP contribution < -0.4 is 0 Å². The van der Waals surface area contributed by atoms with Gasteiger partial charge in [-0.1, -0.05) is 13.8 Å². The summed E-state index contributed by atoms with van der Waals surface area (Å²) >= 11 is 0. The van der Waals surface area contributed by atoms with Crippen LogP contribution in [0.5, 0.6) is 0 Å². The number of aliphatic hydroxyl groups excluding tert-OH is 1. The molecule has 1 heterocycles. The van der Waals surface area contributed by atoms with E-state index in [1.165, 1.54) is 0 Å². The summed E-state index contributed by atoms with van der Waals surface area (Å²) in [5, 5.41) is 8.85. The number of aliphatic hydroxyl groups is 1. The quantitative estimate of drug-likeness (QED) is 0.746. The van der Waals surface area contributed by atoms with Crippen molar-refractivity contribution in [3.8, 4) is 0 Å². The molecule has 116 valence electrons. The largest absolute Gasteiger partial charge is 0.395 e. The van der Waals surface area contributed by atoms with Gasteiger partial charge in [-0.15, -0.1) is 0 Å².